The Bertz CT molecular complexity index is 1150. The Kier molecular flexibility index (Phi) is 5.98. The second-order valence-corrected chi connectivity index (χ2v) is 9.75. The summed E-state index contributed by atoms with van der Waals surface area (Å²) in [7, 11) is 0. The van der Waals surface area contributed by atoms with Gasteiger partial charge in [0.2, 0.25) is 0 Å². The normalized spacial score (nSPS) is 28.4. The summed E-state index contributed by atoms with van der Waals surface area (Å²) in [4.78, 5) is 33.3. The van der Waals surface area contributed by atoms with Crippen LogP contribution in [0.25, 0.3) is 0 Å². The smallest absolute Gasteiger partial charge is 0.290 e. The highest BCUT2D eigenvalue weighted by Gasteiger charge is 2.53. The van der Waals surface area contributed by atoms with E-state index in [4.69, 9.17) is 21.1 Å². The average molecular weight is 483 g/mol. The van der Waals surface area contributed by atoms with Gasteiger partial charge in [0.15, 0.2) is 23.0 Å². The fourth-order valence-corrected chi connectivity index (χ4v) is 5.53. The maximum atomic E-state index is 13.8. The molecule has 3 aliphatic rings. The van der Waals surface area contributed by atoms with E-state index in [9.17, 15) is 14.7 Å². The number of Topliss-reactive ketones (excluding diaryl/α,β-unsaturated/α-hetero) is 1. The number of phenols is 1. The fraction of sp³-hybridized carbons (Fsp3) is 0.423. The number of pyridine rings is 1. The van der Waals surface area contributed by atoms with E-state index in [0.717, 1.165) is 5.56 Å². The molecule has 2 aliphatic heterocycles. The number of hydrogen-bond acceptors (Lipinski definition) is 6. The van der Waals surface area contributed by atoms with Crippen molar-refractivity contribution in [1.82, 2.24) is 9.88 Å². The Morgan fingerprint density at radius 3 is 2.82 bits per heavy atom. The first-order valence-corrected chi connectivity index (χ1v) is 12.1. The summed E-state index contributed by atoms with van der Waals surface area (Å²) in [5.41, 5.74) is 1.87. The van der Waals surface area contributed by atoms with Gasteiger partial charge < -0.3 is 19.5 Å². The van der Waals surface area contributed by atoms with Gasteiger partial charge in [-0.15, -0.1) is 11.6 Å². The molecule has 5 unspecified atom stereocenters. The van der Waals surface area contributed by atoms with E-state index in [1.165, 1.54) is 6.07 Å². The van der Waals surface area contributed by atoms with Crippen molar-refractivity contribution in [2.24, 2.45) is 11.8 Å². The number of carbonyl (C=O) groups is 2. The van der Waals surface area contributed by atoms with Gasteiger partial charge in [-0.25, -0.2) is 0 Å². The first-order valence-electron chi connectivity index (χ1n) is 11.6. The van der Waals surface area contributed by atoms with Gasteiger partial charge >= 0.3 is 0 Å². The molecule has 5 atom stereocenters. The Labute approximate surface area is 203 Å². The Balaban J connectivity index is 1.59. The minimum absolute atomic E-state index is 0.000436. The third kappa shape index (κ3) is 3.82. The van der Waals surface area contributed by atoms with Gasteiger partial charge in [-0.05, 0) is 55.0 Å². The summed E-state index contributed by atoms with van der Waals surface area (Å²) < 4.78 is 11.8. The molecule has 7 nitrogen and oxygen atoms in total. The lowest BCUT2D eigenvalue weighted by atomic mass is 9.74. The number of carbonyl (C=O) groups excluding carboxylic acids is 2. The minimum atomic E-state index is -0.663. The molecule has 0 saturated heterocycles. The standard InChI is InChI=1S/C26H27ClN2O5/c1-3-33-21-10-16(6-7-19(21)30)23-22-24(31)17-11-18(27)14(2)9-20(17)34-25(22)26(32)29(23)13-15-5-4-8-28-12-15/h4-8,10,12,14,17-18,20,23,30H,3,9,11,13H2,1-2H3. The number of nitrogens with zero attached hydrogens (tertiary/aromatic N) is 2. The third-order valence-electron chi connectivity index (χ3n) is 6.98. The van der Waals surface area contributed by atoms with Gasteiger partial charge in [-0.1, -0.05) is 19.1 Å². The van der Waals surface area contributed by atoms with E-state index in [2.05, 4.69) is 4.98 Å². The van der Waals surface area contributed by atoms with Crippen LogP contribution in [-0.4, -0.2) is 44.8 Å². The van der Waals surface area contributed by atoms with Gasteiger partial charge in [-0.3, -0.25) is 14.6 Å². The summed E-state index contributed by atoms with van der Waals surface area (Å²) in [5.74, 6) is -0.148. The van der Waals surface area contributed by atoms with Crippen LogP contribution in [0.4, 0.5) is 0 Å². The highest BCUT2D eigenvalue weighted by atomic mass is 35.5. The topological polar surface area (TPSA) is 89.0 Å². The molecule has 1 aliphatic carbocycles. The SMILES string of the molecule is CCOc1cc(C2C3=C(OC4CC(C)C(Cl)CC4C3=O)C(=O)N2Cc2cccnc2)ccc1O. The van der Waals surface area contributed by atoms with Crippen LogP contribution in [0.3, 0.4) is 0 Å². The van der Waals surface area contributed by atoms with Crippen molar-refractivity contribution in [3.8, 4) is 11.5 Å². The quantitative estimate of drug-likeness (QED) is 0.644. The Morgan fingerprint density at radius 2 is 2.09 bits per heavy atom. The monoisotopic (exact) mass is 482 g/mol. The summed E-state index contributed by atoms with van der Waals surface area (Å²) in [6.45, 7) is 4.50. The second kappa shape index (κ2) is 8.95. The predicted octanol–water partition coefficient (Wildman–Crippen LogP) is 4.14. The first-order chi connectivity index (χ1) is 16.4. The molecule has 0 radical (unpaired) electrons. The predicted molar refractivity (Wildman–Crippen MR) is 125 cm³/mol. The molecule has 34 heavy (non-hydrogen) atoms. The van der Waals surface area contributed by atoms with E-state index >= 15 is 0 Å². The molecule has 1 aromatic carbocycles. The number of alkyl halides is 1. The fourth-order valence-electron chi connectivity index (χ4n) is 5.24. The number of amides is 1. The summed E-state index contributed by atoms with van der Waals surface area (Å²) in [5, 5.41) is 10.1. The number of rotatable bonds is 5. The van der Waals surface area contributed by atoms with Crippen molar-refractivity contribution < 1.29 is 24.2 Å². The molecule has 2 aromatic rings. The van der Waals surface area contributed by atoms with Crippen LogP contribution in [0.15, 0.2) is 54.1 Å². The van der Waals surface area contributed by atoms with Gasteiger partial charge in [-0.2, -0.15) is 0 Å². The van der Waals surface area contributed by atoms with Crippen molar-refractivity contribution in [3.63, 3.8) is 0 Å². The van der Waals surface area contributed by atoms with E-state index in [-0.39, 0.29) is 53.1 Å². The Hall–Kier alpha value is -3.06. The number of ether oxygens (including phenoxy) is 2. The van der Waals surface area contributed by atoms with Crippen molar-refractivity contribution in [1.29, 1.82) is 0 Å². The number of aromatic hydroxyl groups is 1. The maximum Gasteiger partial charge on any atom is 0.290 e. The maximum absolute atomic E-state index is 13.8. The molecule has 0 bridgehead atoms. The summed E-state index contributed by atoms with van der Waals surface area (Å²) >= 11 is 6.53. The third-order valence-corrected chi connectivity index (χ3v) is 7.59. The van der Waals surface area contributed by atoms with Crippen LogP contribution in [0.5, 0.6) is 11.5 Å². The molecule has 1 saturated carbocycles. The molecule has 1 fully saturated rings. The van der Waals surface area contributed by atoms with Crippen LogP contribution in [0, 0.1) is 11.8 Å². The van der Waals surface area contributed by atoms with Crippen molar-refractivity contribution in [3.05, 3.63) is 65.2 Å². The number of hydrogen-bond donors (Lipinski definition) is 1. The number of phenolic OH excluding ortho intramolecular Hbond substituents is 1. The van der Waals surface area contributed by atoms with Gasteiger partial charge in [0, 0.05) is 24.3 Å². The van der Waals surface area contributed by atoms with Gasteiger partial charge in [0.1, 0.15) is 6.10 Å². The lowest BCUT2D eigenvalue weighted by molar-refractivity contribution is -0.136. The average Bonchev–Trinajstić information content (AvgIpc) is 3.09. The molecule has 1 aromatic heterocycles. The number of ketones is 1. The molecule has 8 heteroatoms. The van der Waals surface area contributed by atoms with Crippen molar-refractivity contribution >= 4 is 23.3 Å². The van der Waals surface area contributed by atoms with Crippen LogP contribution in [0.2, 0.25) is 0 Å². The largest absolute Gasteiger partial charge is 0.504 e. The van der Waals surface area contributed by atoms with E-state index in [1.54, 1.807) is 29.4 Å². The van der Waals surface area contributed by atoms with Gasteiger partial charge in [0.25, 0.3) is 5.91 Å². The highest BCUT2D eigenvalue weighted by Crippen LogP contribution is 2.49. The van der Waals surface area contributed by atoms with E-state index < -0.39 is 6.04 Å². The summed E-state index contributed by atoms with van der Waals surface area (Å²) in [6.07, 6.45) is 4.18. The van der Waals surface area contributed by atoms with E-state index in [1.807, 2.05) is 26.0 Å². The van der Waals surface area contributed by atoms with Gasteiger partial charge in [0.05, 0.1) is 24.1 Å². The zero-order valence-electron chi connectivity index (χ0n) is 19.1. The molecule has 0 spiro atoms. The second-order valence-electron chi connectivity index (χ2n) is 9.19. The lowest BCUT2D eigenvalue weighted by Gasteiger charge is -2.40. The van der Waals surface area contributed by atoms with Crippen molar-refractivity contribution in [2.45, 2.75) is 50.8 Å². The molecule has 1 N–H and O–H groups in total. The number of benzene rings is 1. The molecule has 178 valence electrons. The first kappa shape index (κ1) is 22.7. The van der Waals surface area contributed by atoms with E-state index in [0.29, 0.717) is 36.3 Å². The number of halogens is 1. The molecular weight excluding hydrogens is 456 g/mol. The van der Waals surface area contributed by atoms with Crippen LogP contribution >= 0.6 is 11.6 Å². The number of fused-ring (bicyclic) bond motifs is 1. The minimum Gasteiger partial charge on any atom is -0.504 e. The molecule has 5 rings (SSSR count). The van der Waals surface area contributed by atoms with Crippen LogP contribution < -0.4 is 4.74 Å². The highest BCUT2D eigenvalue weighted by molar-refractivity contribution is 6.21. The van der Waals surface area contributed by atoms with Crippen LogP contribution in [0.1, 0.15) is 43.9 Å². The molecule has 1 amide bonds. The lowest BCUT2D eigenvalue weighted by Crippen LogP contribution is -2.44. The Morgan fingerprint density at radius 1 is 1.26 bits per heavy atom. The summed E-state index contributed by atoms with van der Waals surface area (Å²) in [6, 6.07) is 7.97. The number of aromatic nitrogens is 1. The molecule has 3 heterocycles. The van der Waals surface area contributed by atoms with Crippen LogP contribution in [-0.2, 0) is 20.9 Å². The zero-order valence-corrected chi connectivity index (χ0v) is 19.9. The zero-order chi connectivity index (χ0) is 24.0. The van der Waals surface area contributed by atoms with Crippen molar-refractivity contribution in [2.75, 3.05) is 6.61 Å². The molecular formula is C26H27ClN2O5.